The number of carbonyl (C=O) groups excluding carboxylic acids is 2. The van der Waals surface area contributed by atoms with Gasteiger partial charge in [0.25, 0.3) is 5.91 Å². The maximum atomic E-state index is 13.4. The van der Waals surface area contributed by atoms with E-state index in [1.54, 1.807) is 31.4 Å². The highest BCUT2D eigenvalue weighted by Crippen LogP contribution is 2.37. The summed E-state index contributed by atoms with van der Waals surface area (Å²) in [5.41, 5.74) is 2.11. The number of aromatic carboxylic acids is 1. The summed E-state index contributed by atoms with van der Waals surface area (Å²) in [6.45, 7) is 10.8. The number of carboxylic acids is 1. The third-order valence-electron chi connectivity index (χ3n) is 6.80. The summed E-state index contributed by atoms with van der Waals surface area (Å²) in [5.74, 6) is -0.412. The predicted molar refractivity (Wildman–Crippen MR) is 159 cm³/mol. The number of methoxy groups -OCH3 is 1. The molecule has 220 valence electrons. The molecule has 0 aliphatic rings. The highest BCUT2D eigenvalue weighted by Gasteiger charge is 2.24. The van der Waals surface area contributed by atoms with E-state index in [0.717, 1.165) is 49.7 Å². The Kier molecular flexibility index (Phi) is 13.0. The van der Waals surface area contributed by atoms with Gasteiger partial charge in [0, 0.05) is 24.7 Å². The van der Waals surface area contributed by atoms with Crippen molar-refractivity contribution in [1.29, 1.82) is 0 Å². The molecule has 40 heavy (non-hydrogen) atoms. The Morgan fingerprint density at radius 3 is 2.30 bits per heavy atom. The first kappa shape index (κ1) is 32.7. The Bertz CT molecular complexity index is 1140. The van der Waals surface area contributed by atoms with Gasteiger partial charge in [-0.05, 0) is 53.5 Å². The number of unbranched alkanes of at least 4 members (excludes halogenated alkanes) is 3. The molecular weight excluding hydrogens is 508 g/mol. The fraction of sp³-hybridized carbons (Fsp3) is 0.531. The molecule has 2 aromatic carbocycles. The fourth-order valence-electron chi connectivity index (χ4n) is 4.59. The van der Waals surface area contributed by atoms with Crippen LogP contribution in [0.25, 0.3) is 0 Å². The van der Waals surface area contributed by atoms with Crippen molar-refractivity contribution >= 4 is 23.5 Å². The first-order chi connectivity index (χ1) is 19.0. The maximum Gasteiger partial charge on any atom is 0.335 e. The van der Waals surface area contributed by atoms with E-state index in [2.05, 4.69) is 24.5 Å². The van der Waals surface area contributed by atoms with Crippen molar-refractivity contribution in [1.82, 2.24) is 5.32 Å². The molecule has 1 unspecified atom stereocenters. The summed E-state index contributed by atoms with van der Waals surface area (Å²) in [6, 6.07) is 10.3. The van der Waals surface area contributed by atoms with Crippen LogP contribution >= 0.6 is 0 Å². The maximum absolute atomic E-state index is 13.4. The molecule has 0 aliphatic carbocycles. The molecule has 3 N–H and O–H groups in total. The number of nitrogens with one attached hydrogen (secondary N) is 2. The van der Waals surface area contributed by atoms with Crippen LogP contribution in [0.15, 0.2) is 36.4 Å². The topological polar surface area (TPSA) is 114 Å². The molecule has 0 saturated heterocycles. The van der Waals surface area contributed by atoms with Crippen LogP contribution < -0.4 is 20.1 Å². The molecule has 8 heteroatoms. The molecule has 2 rings (SSSR count). The Labute approximate surface area is 238 Å². The Morgan fingerprint density at radius 2 is 1.68 bits per heavy atom. The van der Waals surface area contributed by atoms with Crippen LogP contribution in [-0.4, -0.2) is 43.2 Å². The Morgan fingerprint density at radius 1 is 0.950 bits per heavy atom. The lowest BCUT2D eigenvalue weighted by atomic mass is 9.85. The smallest absolute Gasteiger partial charge is 0.335 e. The van der Waals surface area contributed by atoms with E-state index in [0.29, 0.717) is 23.7 Å². The molecule has 0 aliphatic heterocycles. The molecule has 0 aromatic heterocycles. The van der Waals surface area contributed by atoms with E-state index in [1.165, 1.54) is 6.07 Å². The third-order valence-corrected chi connectivity index (χ3v) is 6.80. The predicted octanol–water partition coefficient (Wildman–Crippen LogP) is 6.68. The number of hydrogen-bond donors (Lipinski definition) is 3. The molecule has 0 heterocycles. The second-order valence-electron chi connectivity index (χ2n) is 11.2. The summed E-state index contributed by atoms with van der Waals surface area (Å²) in [5, 5.41) is 15.3. The lowest BCUT2D eigenvalue weighted by Crippen LogP contribution is -2.29. The molecule has 2 amide bonds. The number of carboxylic acid groups (broad SMARTS) is 1. The second-order valence-corrected chi connectivity index (χ2v) is 11.2. The molecule has 2 aromatic rings. The number of hydrogen-bond acceptors (Lipinski definition) is 5. The van der Waals surface area contributed by atoms with E-state index in [4.69, 9.17) is 9.47 Å². The van der Waals surface area contributed by atoms with Crippen molar-refractivity contribution in [2.45, 2.75) is 90.9 Å². The minimum atomic E-state index is -1.04. The van der Waals surface area contributed by atoms with Crippen molar-refractivity contribution in [3.05, 3.63) is 53.1 Å². The molecule has 1 atom stereocenters. The van der Waals surface area contributed by atoms with Gasteiger partial charge in [0.15, 0.2) is 6.61 Å². The SMILES string of the molecule is CCCCCC(CC(=O)Nc1cc(C(=O)O)ccc1C(C)(C)C)c1ccc(OCC(=O)NCCCC)cc1OC. The molecule has 0 fully saturated rings. The number of benzene rings is 2. The van der Waals surface area contributed by atoms with E-state index < -0.39 is 5.97 Å². The van der Waals surface area contributed by atoms with Crippen molar-refractivity contribution in [2.24, 2.45) is 0 Å². The van der Waals surface area contributed by atoms with Gasteiger partial charge < -0.3 is 25.2 Å². The van der Waals surface area contributed by atoms with Gasteiger partial charge in [0.1, 0.15) is 11.5 Å². The Hall–Kier alpha value is -3.55. The lowest BCUT2D eigenvalue weighted by molar-refractivity contribution is -0.123. The number of ether oxygens (including phenoxy) is 2. The summed E-state index contributed by atoms with van der Waals surface area (Å²) >= 11 is 0. The van der Waals surface area contributed by atoms with Gasteiger partial charge in [0.05, 0.1) is 12.7 Å². The summed E-state index contributed by atoms with van der Waals surface area (Å²) in [6.07, 6.45) is 5.98. The normalized spacial score (nSPS) is 11.9. The van der Waals surface area contributed by atoms with Crippen LogP contribution in [0.1, 0.15) is 107 Å². The van der Waals surface area contributed by atoms with Gasteiger partial charge in [-0.2, -0.15) is 0 Å². The largest absolute Gasteiger partial charge is 0.496 e. The van der Waals surface area contributed by atoms with Crippen molar-refractivity contribution < 1.29 is 29.0 Å². The van der Waals surface area contributed by atoms with Crippen molar-refractivity contribution in [3.63, 3.8) is 0 Å². The number of carbonyl (C=O) groups is 3. The van der Waals surface area contributed by atoms with Crippen LogP contribution in [0.2, 0.25) is 0 Å². The highest BCUT2D eigenvalue weighted by atomic mass is 16.5. The van der Waals surface area contributed by atoms with E-state index in [9.17, 15) is 19.5 Å². The van der Waals surface area contributed by atoms with E-state index >= 15 is 0 Å². The second kappa shape index (κ2) is 15.9. The zero-order valence-electron chi connectivity index (χ0n) is 24.9. The van der Waals surface area contributed by atoms with E-state index in [1.807, 2.05) is 26.8 Å². The number of rotatable bonds is 16. The standard InChI is InChI=1S/C32H46N2O6/c1-7-9-11-12-22(19-29(35)34-27-18-23(31(37)38)13-16-26(27)32(3,4)5)25-15-14-24(20-28(25)39-6)40-21-30(36)33-17-10-8-2/h13-16,18,20,22H,7-12,17,19,21H2,1-6H3,(H,33,36)(H,34,35)(H,37,38). The first-order valence-electron chi connectivity index (χ1n) is 14.2. The van der Waals surface area contributed by atoms with Crippen LogP contribution in [0.3, 0.4) is 0 Å². The summed E-state index contributed by atoms with van der Waals surface area (Å²) in [4.78, 5) is 37.0. The zero-order chi connectivity index (χ0) is 29.7. The monoisotopic (exact) mass is 554 g/mol. The van der Waals surface area contributed by atoms with Gasteiger partial charge in [0.2, 0.25) is 5.91 Å². The number of amides is 2. The zero-order valence-corrected chi connectivity index (χ0v) is 24.9. The van der Waals surface area contributed by atoms with Crippen molar-refractivity contribution in [3.8, 4) is 11.5 Å². The Balaban J connectivity index is 2.25. The van der Waals surface area contributed by atoms with Gasteiger partial charge in [-0.25, -0.2) is 4.79 Å². The molecule has 0 bridgehead atoms. The molecule has 0 radical (unpaired) electrons. The first-order valence-corrected chi connectivity index (χ1v) is 14.2. The minimum Gasteiger partial charge on any atom is -0.496 e. The quantitative estimate of drug-likeness (QED) is 0.200. The minimum absolute atomic E-state index is 0.0833. The molecule has 0 spiro atoms. The fourth-order valence-corrected chi connectivity index (χ4v) is 4.59. The van der Waals surface area contributed by atoms with Crippen molar-refractivity contribution in [2.75, 3.05) is 25.6 Å². The summed E-state index contributed by atoms with van der Waals surface area (Å²) < 4.78 is 11.4. The highest BCUT2D eigenvalue weighted by molar-refractivity contribution is 5.95. The van der Waals surface area contributed by atoms with E-state index in [-0.39, 0.29) is 41.7 Å². The molecule has 8 nitrogen and oxygen atoms in total. The van der Waals surface area contributed by atoms with Crippen LogP contribution in [0, 0.1) is 0 Å². The molecular formula is C32H46N2O6. The van der Waals surface area contributed by atoms with Crippen LogP contribution in [0.5, 0.6) is 11.5 Å². The third kappa shape index (κ3) is 10.2. The van der Waals surface area contributed by atoms with Crippen LogP contribution in [-0.2, 0) is 15.0 Å². The van der Waals surface area contributed by atoms with Crippen LogP contribution in [0.4, 0.5) is 5.69 Å². The number of anilines is 1. The average Bonchev–Trinajstić information content (AvgIpc) is 2.90. The average molecular weight is 555 g/mol. The van der Waals surface area contributed by atoms with Gasteiger partial charge in [-0.3, -0.25) is 9.59 Å². The van der Waals surface area contributed by atoms with Gasteiger partial charge >= 0.3 is 5.97 Å². The summed E-state index contributed by atoms with van der Waals surface area (Å²) in [7, 11) is 1.58. The molecule has 0 saturated carbocycles. The van der Waals surface area contributed by atoms with Gasteiger partial charge in [-0.1, -0.05) is 72.4 Å². The lowest BCUT2D eigenvalue weighted by Gasteiger charge is -2.25. The van der Waals surface area contributed by atoms with Gasteiger partial charge in [-0.15, -0.1) is 0 Å².